The van der Waals surface area contributed by atoms with Crippen molar-refractivity contribution in [3.8, 4) is 5.75 Å². The van der Waals surface area contributed by atoms with E-state index >= 15 is 0 Å². The molecule has 110 valence electrons. The molecule has 0 bridgehead atoms. The minimum absolute atomic E-state index is 0.233. The number of nitrogens with two attached hydrogens (primary N) is 1. The first-order chi connectivity index (χ1) is 10.3. The molecule has 0 saturated carbocycles. The summed E-state index contributed by atoms with van der Waals surface area (Å²) in [4.78, 5) is 2.31. The number of hydrogen-bond donors (Lipinski definition) is 1. The standard InChI is InChI=1S/C18H22N2O/c1-20(13-14-5-3-2-4-6-14)17(12-19)15-7-8-18-16(11-15)9-10-21-18/h2-8,11,17H,9-10,12-13,19H2,1H3. The fraction of sp³-hybridized carbons (Fsp3) is 0.333. The number of nitrogens with zero attached hydrogens (tertiary/aromatic N) is 1. The molecule has 0 saturated heterocycles. The highest BCUT2D eigenvalue weighted by Gasteiger charge is 2.19. The van der Waals surface area contributed by atoms with Crippen molar-refractivity contribution < 1.29 is 4.74 Å². The lowest BCUT2D eigenvalue weighted by Gasteiger charge is -2.27. The lowest BCUT2D eigenvalue weighted by atomic mass is 10.0. The van der Waals surface area contributed by atoms with Crippen molar-refractivity contribution in [3.63, 3.8) is 0 Å². The van der Waals surface area contributed by atoms with E-state index in [4.69, 9.17) is 10.5 Å². The van der Waals surface area contributed by atoms with Gasteiger partial charge in [-0.3, -0.25) is 4.90 Å². The molecule has 0 fully saturated rings. The minimum atomic E-state index is 0.233. The van der Waals surface area contributed by atoms with Gasteiger partial charge in [-0.1, -0.05) is 42.5 Å². The first kappa shape index (κ1) is 14.1. The van der Waals surface area contributed by atoms with Crippen LogP contribution < -0.4 is 10.5 Å². The van der Waals surface area contributed by atoms with Crippen LogP contribution in [0.15, 0.2) is 48.5 Å². The maximum atomic E-state index is 6.03. The summed E-state index contributed by atoms with van der Waals surface area (Å²) in [7, 11) is 2.13. The van der Waals surface area contributed by atoms with Crippen LogP contribution in [0.25, 0.3) is 0 Å². The average Bonchev–Trinajstić information content (AvgIpc) is 2.96. The van der Waals surface area contributed by atoms with Gasteiger partial charge in [-0.15, -0.1) is 0 Å². The van der Waals surface area contributed by atoms with E-state index in [1.165, 1.54) is 16.7 Å². The monoisotopic (exact) mass is 282 g/mol. The van der Waals surface area contributed by atoms with E-state index < -0.39 is 0 Å². The zero-order valence-electron chi connectivity index (χ0n) is 12.5. The van der Waals surface area contributed by atoms with E-state index in [1.54, 1.807) is 0 Å². The van der Waals surface area contributed by atoms with Crippen LogP contribution in [0.5, 0.6) is 5.75 Å². The largest absolute Gasteiger partial charge is 0.493 e. The molecule has 0 spiro atoms. The number of likely N-dealkylation sites (N-methyl/N-ethyl adjacent to an activating group) is 1. The fourth-order valence-corrected chi connectivity index (χ4v) is 2.97. The van der Waals surface area contributed by atoms with E-state index in [2.05, 4.69) is 54.4 Å². The van der Waals surface area contributed by atoms with Gasteiger partial charge in [0.25, 0.3) is 0 Å². The summed E-state index contributed by atoms with van der Waals surface area (Å²) in [6, 6.07) is 17.2. The van der Waals surface area contributed by atoms with Crippen LogP contribution in [-0.4, -0.2) is 25.1 Å². The van der Waals surface area contributed by atoms with Crippen molar-refractivity contribution in [2.75, 3.05) is 20.2 Å². The van der Waals surface area contributed by atoms with Gasteiger partial charge in [-0.25, -0.2) is 0 Å². The molecule has 0 aliphatic carbocycles. The summed E-state index contributed by atoms with van der Waals surface area (Å²) >= 11 is 0. The number of ether oxygens (including phenoxy) is 1. The van der Waals surface area contributed by atoms with Crippen LogP contribution in [0.3, 0.4) is 0 Å². The second-order valence-corrected chi connectivity index (χ2v) is 5.62. The van der Waals surface area contributed by atoms with Gasteiger partial charge in [0.05, 0.1) is 6.61 Å². The first-order valence-electron chi connectivity index (χ1n) is 7.48. The summed E-state index contributed by atoms with van der Waals surface area (Å²) < 4.78 is 5.58. The van der Waals surface area contributed by atoms with Crippen LogP contribution in [0.4, 0.5) is 0 Å². The quantitative estimate of drug-likeness (QED) is 0.916. The van der Waals surface area contributed by atoms with Crippen LogP contribution in [0.1, 0.15) is 22.7 Å². The van der Waals surface area contributed by atoms with Crippen molar-refractivity contribution in [1.82, 2.24) is 4.90 Å². The molecule has 1 aliphatic heterocycles. The summed E-state index contributed by atoms with van der Waals surface area (Å²) in [5, 5.41) is 0. The number of fused-ring (bicyclic) bond motifs is 1. The zero-order valence-corrected chi connectivity index (χ0v) is 12.5. The predicted molar refractivity (Wildman–Crippen MR) is 85.3 cm³/mol. The topological polar surface area (TPSA) is 38.5 Å². The van der Waals surface area contributed by atoms with Crippen molar-refractivity contribution in [3.05, 3.63) is 65.2 Å². The smallest absolute Gasteiger partial charge is 0.122 e. The molecule has 3 rings (SSSR count). The van der Waals surface area contributed by atoms with Gasteiger partial charge >= 0.3 is 0 Å². The highest BCUT2D eigenvalue weighted by Crippen LogP contribution is 2.30. The minimum Gasteiger partial charge on any atom is -0.493 e. The lowest BCUT2D eigenvalue weighted by Crippen LogP contribution is -2.30. The highest BCUT2D eigenvalue weighted by atomic mass is 16.5. The Morgan fingerprint density at radius 3 is 2.76 bits per heavy atom. The van der Waals surface area contributed by atoms with Crippen LogP contribution in [0.2, 0.25) is 0 Å². The molecule has 2 aromatic rings. The molecular weight excluding hydrogens is 260 g/mol. The van der Waals surface area contributed by atoms with Gasteiger partial charge in [0.15, 0.2) is 0 Å². The number of benzene rings is 2. The fourth-order valence-electron chi connectivity index (χ4n) is 2.97. The Balaban J connectivity index is 1.78. The first-order valence-corrected chi connectivity index (χ1v) is 7.48. The van der Waals surface area contributed by atoms with Crippen molar-refractivity contribution in [1.29, 1.82) is 0 Å². The van der Waals surface area contributed by atoms with Gasteiger partial charge in [0, 0.05) is 25.6 Å². The van der Waals surface area contributed by atoms with E-state index in [-0.39, 0.29) is 6.04 Å². The molecule has 1 aliphatic rings. The Labute approximate surface area is 126 Å². The Hall–Kier alpha value is -1.84. The van der Waals surface area contributed by atoms with Gasteiger partial charge in [0.2, 0.25) is 0 Å². The van der Waals surface area contributed by atoms with E-state index in [9.17, 15) is 0 Å². The third-order valence-corrected chi connectivity index (χ3v) is 4.13. The highest BCUT2D eigenvalue weighted by molar-refractivity contribution is 5.41. The molecule has 21 heavy (non-hydrogen) atoms. The van der Waals surface area contributed by atoms with Gasteiger partial charge < -0.3 is 10.5 Å². The maximum absolute atomic E-state index is 6.03. The van der Waals surface area contributed by atoms with E-state index in [0.717, 1.165) is 25.3 Å². The van der Waals surface area contributed by atoms with Crippen LogP contribution >= 0.6 is 0 Å². The Morgan fingerprint density at radius 2 is 2.00 bits per heavy atom. The third-order valence-electron chi connectivity index (χ3n) is 4.13. The Kier molecular flexibility index (Phi) is 4.23. The Bertz CT molecular complexity index is 597. The molecule has 3 nitrogen and oxygen atoms in total. The average molecular weight is 282 g/mol. The third kappa shape index (κ3) is 3.09. The molecule has 1 unspecified atom stereocenters. The zero-order chi connectivity index (χ0) is 14.7. The molecule has 1 atom stereocenters. The Morgan fingerprint density at radius 1 is 1.19 bits per heavy atom. The molecule has 2 aromatic carbocycles. The van der Waals surface area contributed by atoms with Crippen molar-refractivity contribution >= 4 is 0 Å². The van der Waals surface area contributed by atoms with Gasteiger partial charge in [0.1, 0.15) is 5.75 Å². The molecule has 2 N–H and O–H groups in total. The predicted octanol–water partition coefficient (Wildman–Crippen LogP) is 2.75. The molecular formula is C18H22N2O. The van der Waals surface area contributed by atoms with Crippen LogP contribution in [0, 0.1) is 0 Å². The van der Waals surface area contributed by atoms with Crippen molar-refractivity contribution in [2.24, 2.45) is 5.73 Å². The normalized spacial score (nSPS) is 14.8. The molecule has 1 heterocycles. The maximum Gasteiger partial charge on any atom is 0.122 e. The lowest BCUT2D eigenvalue weighted by molar-refractivity contribution is 0.241. The van der Waals surface area contributed by atoms with Gasteiger partial charge in [-0.2, -0.15) is 0 Å². The number of rotatable bonds is 5. The summed E-state index contributed by atoms with van der Waals surface area (Å²) in [5.74, 6) is 1.03. The summed E-state index contributed by atoms with van der Waals surface area (Å²) in [5.41, 5.74) is 9.92. The van der Waals surface area contributed by atoms with Gasteiger partial charge in [-0.05, 0) is 29.8 Å². The van der Waals surface area contributed by atoms with E-state index in [1.807, 2.05) is 6.07 Å². The second kappa shape index (κ2) is 6.29. The van der Waals surface area contributed by atoms with Crippen LogP contribution in [-0.2, 0) is 13.0 Å². The summed E-state index contributed by atoms with van der Waals surface area (Å²) in [6.45, 7) is 2.31. The molecule has 3 heteroatoms. The molecule has 0 aromatic heterocycles. The SMILES string of the molecule is CN(Cc1ccccc1)C(CN)c1ccc2c(c1)CCO2. The van der Waals surface area contributed by atoms with Crippen molar-refractivity contribution in [2.45, 2.75) is 19.0 Å². The number of hydrogen-bond acceptors (Lipinski definition) is 3. The van der Waals surface area contributed by atoms with E-state index in [0.29, 0.717) is 6.54 Å². The molecule has 0 amide bonds. The molecule has 0 radical (unpaired) electrons. The second-order valence-electron chi connectivity index (χ2n) is 5.62. The summed E-state index contributed by atoms with van der Waals surface area (Å²) in [6.07, 6.45) is 1.00.